The summed E-state index contributed by atoms with van der Waals surface area (Å²) >= 11 is 0. The summed E-state index contributed by atoms with van der Waals surface area (Å²) in [7, 11) is 0. The molecule has 1 saturated heterocycles. The summed E-state index contributed by atoms with van der Waals surface area (Å²) < 4.78 is 1.71. The number of anilines is 1. The van der Waals surface area contributed by atoms with E-state index in [0.717, 1.165) is 37.4 Å². The van der Waals surface area contributed by atoms with Crippen molar-refractivity contribution in [3.63, 3.8) is 0 Å². The van der Waals surface area contributed by atoms with Crippen molar-refractivity contribution in [2.24, 2.45) is 5.92 Å². The minimum absolute atomic E-state index is 0.0207. The van der Waals surface area contributed by atoms with Crippen LogP contribution in [-0.4, -0.2) is 45.3 Å². The third-order valence-electron chi connectivity index (χ3n) is 5.05. The second kappa shape index (κ2) is 8.65. The van der Waals surface area contributed by atoms with Gasteiger partial charge in [-0.3, -0.25) is 4.79 Å². The van der Waals surface area contributed by atoms with Gasteiger partial charge >= 0.3 is 0 Å². The second-order valence-electron chi connectivity index (χ2n) is 7.00. The summed E-state index contributed by atoms with van der Waals surface area (Å²) in [6, 6.07) is 14.0. The number of aromatic nitrogens is 4. The van der Waals surface area contributed by atoms with E-state index in [2.05, 4.69) is 37.4 Å². The van der Waals surface area contributed by atoms with Gasteiger partial charge in [0.2, 0.25) is 5.91 Å². The predicted molar refractivity (Wildman–Crippen MR) is 107 cm³/mol. The highest BCUT2D eigenvalue weighted by Gasteiger charge is 2.26. The van der Waals surface area contributed by atoms with Crippen molar-refractivity contribution in [2.75, 3.05) is 24.5 Å². The second-order valence-corrected chi connectivity index (χ2v) is 7.00. The van der Waals surface area contributed by atoms with Crippen molar-refractivity contribution in [1.82, 2.24) is 25.1 Å². The molecule has 3 aromatic rings. The van der Waals surface area contributed by atoms with Crippen molar-refractivity contribution in [3.8, 4) is 5.82 Å². The summed E-state index contributed by atoms with van der Waals surface area (Å²) in [5.41, 5.74) is 1.24. The molecule has 7 nitrogen and oxygen atoms in total. The average molecular weight is 376 g/mol. The molecule has 0 bridgehead atoms. The number of rotatable bonds is 6. The van der Waals surface area contributed by atoms with Crippen LogP contribution in [0.1, 0.15) is 18.4 Å². The van der Waals surface area contributed by atoms with Crippen LogP contribution in [0.4, 0.5) is 5.82 Å². The Labute approximate surface area is 164 Å². The highest BCUT2D eigenvalue weighted by Crippen LogP contribution is 2.22. The molecule has 2 aromatic heterocycles. The number of amides is 1. The van der Waals surface area contributed by atoms with Crippen molar-refractivity contribution in [3.05, 3.63) is 66.7 Å². The molecule has 1 N–H and O–H groups in total. The third-order valence-corrected chi connectivity index (χ3v) is 5.05. The van der Waals surface area contributed by atoms with Crippen molar-refractivity contribution in [2.45, 2.75) is 19.3 Å². The standard InChI is InChI=1S/C21H24N6O/c28-21(22-11-9-17-6-2-1-3-7-17)18-8-4-12-26(15-18)19-14-20(24-16-23-19)27-13-5-10-25-27/h1-3,5-7,10,13-14,16,18H,4,8-9,11-12,15H2,(H,22,28). The zero-order valence-corrected chi connectivity index (χ0v) is 15.7. The van der Waals surface area contributed by atoms with E-state index in [1.54, 1.807) is 17.2 Å². The van der Waals surface area contributed by atoms with Crippen LogP contribution in [0.15, 0.2) is 61.2 Å². The van der Waals surface area contributed by atoms with E-state index in [0.29, 0.717) is 13.1 Å². The van der Waals surface area contributed by atoms with E-state index < -0.39 is 0 Å². The van der Waals surface area contributed by atoms with Crippen LogP contribution < -0.4 is 10.2 Å². The molecule has 1 aliphatic rings. The fraction of sp³-hybridized carbons (Fsp3) is 0.333. The van der Waals surface area contributed by atoms with Crippen LogP contribution in [0, 0.1) is 5.92 Å². The first-order valence-corrected chi connectivity index (χ1v) is 9.68. The molecule has 1 aliphatic heterocycles. The zero-order chi connectivity index (χ0) is 19.2. The van der Waals surface area contributed by atoms with E-state index in [-0.39, 0.29) is 11.8 Å². The molecule has 0 saturated carbocycles. The average Bonchev–Trinajstić information content (AvgIpc) is 3.30. The van der Waals surface area contributed by atoms with Gasteiger partial charge in [-0.2, -0.15) is 5.10 Å². The maximum absolute atomic E-state index is 12.6. The van der Waals surface area contributed by atoms with E-state index in [4.69, 9.17) is 0 Å². The Morgan fingerprint density at radius 2 is 2.00 bits per heavy atom. The molecular formula is C21H24N6O. The molecule has 4 rings (SSSR count). The molecule has 0 aliphatic carbocycles. The van der Waals surface area contributed by atoms with Gasteiger partial charge in [0.1, 0.15) is 12.1 Å². The number of nitrogens with zero attached hydrogens (tertiary/aromatic N) is 5. The first-order chi connectivity index (χ1) is 13.8. The minimum Gasteiger partial charge on any atom is -0.356 e. The maximum atomic E-state index is 12.6. The lowest BCUT2D eigenvalue weighted by Crippen LogP contribution is -2.43. The molecule has 1 atom stereocenters. The zero-order valence-electron chi connectivity index (χ0n) is 15.7. The molecule has 144 valence electrons. The molecule has 7 heteroatoms. The van der Waals surface area contributed by atoms with Gasteiger partial charge in [0, 0.05) is 38.1 Å². The monoisotopic (exact) mass is 376 g/mol. The highest BCUT2D eigenvalue weighted by atomic mass is 16.1. The minimum atomic E-state index is -0.0207. The van der Waals surface area contributed by atoms with Gasteiger partial charge in [-0.25, -0.2) is 14.6 Å². The summed E-state index contributed by atoms with van der Waals surface area (Å²) in [5, 5.41) is 7.31. The molecule has 28 heavy (non-hydrogen) atoms. The molecule has 1 unspecified atom stereocenters. The first kappa shape index (κ1) is 18.2. The Balaban J connectivity index is 1.35. The Bertz CT molecular complexity index is 896. The SMILES string of the molecule is O=C(NCCc1ccccc1)C1CCCN(c2cc(-n3cccn3)ncn2)C1. The van der Waals surface area contributed by atoms with Gasteiger partial charge in [-0.05, 0) is 30.9 Å². The van der Waals surface area contributed by atoms with E-state index in [1.165, 1.54) is 5.56 Å². The molecule has 1 amide bonds. The number of carbonyl (C=O) groups is 1. The highest BCUT2D eigenvalue weighted by molar-refractivity contribution is 5.79. The third kappa shape index (κ3) is 4.36. The Kier molecular flexibility index (Phi) is 5.61. The maximum Gasteiger partial charge on any atom is 0.224 e. The van der Waals surface area contributed by atoms with Gasteiger partial charge in [0.15, 0.2) is 5.82 Å². The fourth-order valence-electron chi connectivity index (χ4n) is 3.56. The number of piperidine rings is 1. The van der Waals surface area contributed by atoms with Crippen LogP contribution in [-0.2, 0) is 11.2 Å². The van der Waals surface area contributed by atoms with Gasteiger partial charge < -0.3 is 10.2 Å². The van der Waals surface area contributed by atoms with Crippen LogP contribution in [0.5, 0.6) is 0 Å². The number of benzene rings is 1. The van der Waals surface area contributed by atoms with E-state index in [1.807, 2.05) is 36.5 Å². The van der Waals surface area contributed by atoms with E-state index >= 15 is 0 Å². The first-order valence-electron chi connectivity index (χ1n) is 9.68. The van der Waals surface area contributed by atoms with Gasteiger partial charge in [-0.15, -0.1) is 0 Å². The van der Waals surface area contributed by atoms with Crippen LogP contribution in [0.2, 0.25) is 0 Å². The molecule has 3 heterocycles. The summed E-state index contributed by atoms with van der Waals surface area (Å²) in [6.45, 7) is 2.23. The summed E-state index contributed by atoms with van der Waals surface area (Å²) in [6.07, 6.45) is 7.85. The van der Waals surface area contributed by atoms with Crippen LogP contribution in [0.3, 0.4) is 0 Å². The lowest BCUT2D eigenvalue weighted by molar-refractivity contribution is -0.125. The molecule has 1 aromatic carbocycles. The Morgan fingerprint density at radius 3 is 2.82 bits per heavy atom. The smallest absolute Gasteiger partial charge is 0.224 e. The summed E-state index contributed by atoms with van der Waals surface area (Å²) in [5.74, 6) is 1.67. The number of hydrogen-bond acceptors (Lipinski definition) is 5. The summed E-state index contributed by atoms with van der Waals surface area (Å²) in [4.78, 5) is 23.5. The van der Waals surface area contributed by atoms with Crippen molar-refractivity contribution < 1.29 is 4.79 Å². The lowest BCUT2D eigenvalue weighted by atomic mass is 9.97. The topological polar surface area (TPSA) is 75.9 Å². The molecular weight excluding hydrogens is 352 g/mol. The Hall–Kier alpha value is -3.22. The number of nitrogens with one attached hydrogen (secondary N) is 1. The van der Waals surface area contributed by atoms with Crippen molar-refractivity contribution in [1.29, 1.82) is 0 Å². The van der Waals surface area contributed by atoms with E-state index in [9.17, 15) is 4.79 Å². The van der Waals surface area contributed by atoms with Crippen LogP contribution >= 0.6 is 0 Å². The molecule has 0 spiro atoms. The fourth-order valence-corrected chi connectivity index (χ4v) is 3.56. The van der Waals surface area contributed by atoms with Crippen molar-refractivity contribution >= 4 is 11.7 Å². The van der Waals surface area contributed by atoms with Crippen LogP contribution in [0.25, 0.3) is 5.82 Å². The van der Waals surface area contributed by atoms with Gasteiger partial charge in [0.05, 0.1) is 5.92 Å². The number of hydrogen-bond donors (Lipinski definition) is 1. The Morgan fingerprint density at radius 1 is 1.14 bits per heavy atom. The largest absolute Gasteiger partial charge is 0.356 e. The predicted octanol–water partition coefficient (Wildman–Crippen LogP) is 2.24. The molecule has 0 radical (unpaired) electrons. The molecule has 1 fully saturated rings. The van der Waals surface area contributed by atoms with Gasteiger partial charge in [0.25, 0.3) is 0 Å². The van der Waals surface area contributed by atoms with Gasteiger partial charge in [-0.1, -0.05) is 30.3 Å². The quantitative estimate of drug-likeness (QED) is 0.714. The lowest BCUT2D eigenvalue weighted by Gasteiger charge is -2.32. The number of carbonyl (C=O) groups excluding carboxylic acids is 1. The normalized spacial score (nSPS) is 16.7.